The molecule has 1 heterocycles. The van der Waals surface area contributed by atoms with Crippen LogP contribution >= 0.6 is 0 Å². The summed E-state index contributed by atoms with van der Waals surface area (Å²) in [5, 5.41) is 19.3. The van der Waals surface area contributed by atoms with Crippen molar-refractivity contribution in [3.05, 3.63) is 34.6 Å². The smallest absolute Gasteiger partial charge is 0.230 e. The molecule has 2 rings (SSSR count). The van der Waals surface area contributed by atoms with Crippen LogP contribution < -0.4 is 10.6 Å². The van der Waals surface area contributed by atoms with Crippen LogP contribution in [0, 0.1) is 25.2 Å². The Morgan fingerprint density at radius 1 is 1.22 bits per heavy atom. The second-order valence-electron chi connectivity index (χ2n) is 5.38. The first kappa shape index (κ1) is 16.2. The Labute approximate surface area is 134 Å². The largest absolute Gasteiger partial charge is 0.507 e. The first-order valence-electron chi connectivity index (χ1n) is 6.93. The highest BCUT2D eigenvalue weighted by atomic mass is 16.3. The van der Waals surface area contributed by atoms with Gasteiger partial charge in [0.25, 0.3) is 0 Å². The fraction of sp³-hybridized carbons (Fsp3) is 0.250. The predicted octanol–water partition coefficient (Wildman–Crippen LogP) is 1.91. The normalized spacial score (nSPS) is 11.2. The lowest BCUT2D eigenvalue weighted by Crippen LogP contribution is -2.15. The van der Waals surface area contributed by atoms with Crippen LogP contribution in [0.25, 0.3) is 11.6 Å². The lowest BCUT2D eigenvalue weighted by molar-refractivity contribution is 0.467. The van der Waals surface area contributed by atoms with E-state index in [0.717, 1.165) is 16.7 Å². The zero-order valence-corrected chi connectivity index (χ0v) is 13.5. The van der Waals surface area contributed by atoms with E-state index in [1.165, 1.54) is 0 Å². The zero-order chi connectivity index (χ0) is 17.1. The number of anilines is 2. The summed E-state index contributed by atoms with van der Waals surface area (Å²) in [6.45, 7) is 3.60. The predicted molar refractivity (Wildman–Crippen MR) is 89.6 cm³/mol. The molecule has 0 amide bonds. The number of hydrogen-bond donors (Lipinski definition) is 2. The fourth-order valence-electron chi connectivity index (χ4n) is 2.09. The van der Waals surface area contributed by atoms with Crippen molar-refractivity contribution in [2.75, 3.05) is 24.7 Å². The molecule has 0 spiro atoms. The van der Waals surface area contributed by atoms with Gasteiger partial charge < -0.3 is 15.7 Å². The number of allylic oxidation sites excluding steroid dienone is 1. The number of phenols is 1. The Morgan fingerprint density at radius 2 is 1.83 bits per heavy atom. The summed E-state index contributed by atoms with van der Waals surface area (Å²) in [6.07, 6.45) is 1.66. The van der Waals surface area contributed by atoms with Crippen molar-refractivity contribution in [2.24, 2.45) is 0 Å². The summed E-state index contributed by atoms with van der Waals surface area (Å²) in [7, 11) is 3.56. The Bertz CT molecular complexity index is 797. The molecule has 3 N–H and O–H groups in total. The third-order valence-corrected chi connectivity index (χ3v) is 3.23. The minimum atomic E-state index is 0.0536. The second-order valence-corrected chi connectivity index (χ2v) is 5.38. The molecule has 7 nitrogen and oxygen atoms in total. The van der Waals surface area contributed by atoms with Gasteiger partial charge in [0.15, 0.2) is 5.82 Å². The number of phenolic OH excluding ortho intramolecular Hbond substituents is 1. The van der Waals surface area contributed by atoms with Crippen molar-refractivity contribution in [3.63, 3.8) is 0 Å². The molecule has 0 radical (unpaired) electrons. The number of aromatic nitrogens is 3. The highest BCUT2D eigenvalue weighted by Crippen LogP contribution is 2.25. The van der Waals surface area contributed by atoms with Gasteiger partial charge in [-0.15, -0.1) is 0 Å². The lowest BCUT2D eigenvalue weighted by Gasteiger charge is -2.11. The number of nitriles is 1. The molecule has 0 fully saturated rings. The molecule has 0 unspecified atom stereocenters. The fourth-order valence-corrected chi connectivity index (χ4v) is 2.09. The number of aromatic hydroxyl groups is 1. The number of aryl methyl sites for hydroxylation is 2. The van der Waals surface area contributed by atoms with Crippen LogP contribution in [0.15, 0.2) is 12.1 Å². The van der Waals surface area contributed by atoms with Crippen LogP contribution in [-0.4, -0.2) is 34.2 Å². The van der Waals surface area contributed by atoms with E-state index >= 15 is 0 Å². The molecule has 0 bridgehead atoms. The lowest BCUT2D eigenvalue weighted by atomic mass is 10.0. The summed E-state index contributed by atoms with van der Waals surface area (Å²) < 4.78 is 0. The van der Waals surface area contributed by atoms with E-state index in [4.69, 9.17) is 5.73 Å². The van der Waals surface area contributed by atoms with Crippen molar-refractivity contribution >= 4 is 23.5 Å². The average molecular weight is 310 g/mol. The van der Waals surface area contributed by atoms with Gasteiger partial charge in [-0.3, -0.25) is 0 Å². The molecule has 2 aromatic rings. The highest BCUT2D eigenvalue weighted by Gasteiger charge is 2.11. The van der Waals surface area contributed by atoms with Crippen LogP contribution in [0.1, 0.15) is 22.5 Å². The van der Waals surface area contributed by atoms with E-state index in [-0.39, 0.29) is 23.1 Å². The van der Waals surface area contributed by atoms with Crippen LogP contribution in [-0.2, 0) is 0 Å². The van der Waals surface area contributed by atoms with Gasteiger partial charge in [-0.25, -0.2) is 0 Å². The van der Waals surface area contributed by atoms with E-state index in [2.05, 4.69) is 21.0 Å². The van der Waals surface area contributed by atoms with Gasteiger partial charge >= 0.3 is 0 Å². The summed E-state index contributed by atoms with van der Waals surface area (Å²) in [5.74, 6) is 0.900. The number of nitrogens with zero attached hydrogens (tertiary/aromatic N) is 5. The maximum atomic E-state index is 9.83. The van der Waals surface area contributed by atoms with Crippen LogP contribution in [0.4, 0.5) is 11.9 Å². The maximum Gasteiger partial charge on any atom is 0.230 e. The van der Waals surface area contributed by atoms with Gasteiger partial charge in [0.05, 0.1) is 5.57 Å². The molecular formula is C16H18N6O. The number of hydrogen-bond acceptors (Lipinski definition) is 7. The van der Waals surface area contributed by atoms with Gasteiger partial charge in [0, 0.05) is 14.1 Å². The van der Waals surface area contributed by atoms with Crippen LogP contribution in [0.5, 0.6) is 5.75 Å². The molecule has 0 aliphatic rings. The SMILES string of the molecule is Cc1cc(/C=C(\C#N)c2nc(N)nc(N(C)C)n2)cc(C)c1O. The van der Waals surface area contributed by atoms with Gasteiger partial charge in [0.2, 0.25) is 11.9 Å². The number of nitrogen functional groups attached to an aromatic ring is 1. The second kappa shape index (κ2) is 6.32. The van der Waals surface area contributed by atoms with Gasteiger partial charge in [-0.1, -0.05) is 0 Å². The summed E-state index contributed by atoms with van der Waals surface area (Å²) in [6, 6.07) is 5.66. The molecule has 0 atom stereocenters. The first-order valence-corrected chi connectivity index (χ1v) is 6.93. The topological polar surface area (TPSA) is 112 Å². The Balaban J connectivity index is 2.54. The molecular weight excluding hydrogens is 292 g/mol. The standard InChI is InChI=1S/C16H18N6O/c1-9-5-11(6-10(2)13(9)23)7-12(8-17)14-19-15(18)21-16(20-14)22(3)4/h5-7,23H,1-4H3,(H2,18,19,20,21)/b12-7+. The van der Waals surface area contributed by atoms with Crippen molar-refractivity contribution in [1.29, 1.82) is 5.26 Å². The van der Waals surface area contributed by atoms with E-state index in [0.29, 0.717) is 5.95 Å². The summed E-state index contributed by atoms with van der Waals surface area (Å²) in [4.78, 5) is 14.0. The van der Waals surface area contributed by atoms with E-state index in [1.54, 1.807) is 51.1 Å². The monoisotopic (exact) mass is 310 g/mol. The number of benzene rings is 1. The highest BCUT2D eigenvalue weighted by molar-refractivity contribution is 5.87. The van der Waals surface area contributed by atoms with Gasteiger partial charge in [0.1, 0.15) is 11.8 Å². The van der Waals surface area contributed by atoms with Crippen molar-refractivity contribution in [2.45, 2.75) is 13.8 Å². The summed E-state index contributed by atoms with van der Waals surface area (Å²) >= 11 is 0. The minimum Gasteiger partial charge on any atom is -0.507 e. The molecule has 0 aliphatic heterocycles. The molecule has 0 aliphatic carbocycles. The zero-order valence-electron chi connectivity index (χ0n) is 13.5. The van der Waals surface area contributed by atoms with E-state index in [9.17, 15) is 10.4 Å². The molecule has 7 heteroatoms. The van der Waals surface area contributed by atoms with Crippen molar-refractivity contribution in [3.8, 4) is 11.8 Å². The third-order valence-electron chi connectivity index (χ3n) is 3.23. The van der Waals surface area contributed by atoms with Gasteiger partial charge in [-0.2, -0.15) is 20.2 Å². The Morgan fingerprint density at radius 3 is 2.35 bits per heavy atom. The molecule has 23 heavy (non-hydrogen) atoms. The third kappa shape index (κ3) is 3.55. The van der Waals surface area contributed by atoms with E-state index in [1.807, 2.05) is 0 Å². The number of nitrogens with two attached hydrogens (primary N) is 1. The average Bonchev–Trinajstić information content (AvgIpc) is 2.49. The molecule has 118 valence electrons. The molecule has 1 aromatic heterocycles. The van der Waals surface area contributed by atoms with Crippen molar-refractivity contribution < 1.29 is 5.11 Å². The minimum absolute atomic E-state index is 0.0536. The molecule has 0 saturated heterocycles. The summed E-state index contributed by atoms with van der Waals surface area (Å²) in [5.41, 5.74) is 8.21. The Kier molecular flexibility index (Phi) is 4.46. The van der Waals surface area contributed by atoms with Crippen molar-refractivity contribution in [1.82, 2.24) is 15.0 Å². The number of rotatable bonds is 3. The molecule has 1 aromatic carbocycles. The van der Waals surface area contributed by atoms with Gasteiger partial charge in [-0.05, 0) is 48.7 Å². The molecule has 0 saturated carbocycles. The maximum absolute atomic E-state index is 9.83. The van der Waals surface area contributed by atoms with E-state index < -0.39 is 0 Å². The van der Waals surface area contributed by atoms with Crippen LogP contribution in [0.3, 0.4) is 0 Å². The first-order chi connectivity index (χ1) is 10.8. The van der Waals surface area contributed by atoms with Crippen LogP contribution in [0.2, 0.25) is 0 Å². The quantitative estimate of drug-likeness (QED) is 0.833. The Hall–Kier alpha value is -3.14.